The molecule has 0 saturated carbocycles. The lowest BCUT2D eigenvalue weighted by atomic mass is 10.1. The van der Waals surface area contributed by atoms with E-state index in [1.165, 1.54) is 11.3 Å². The zero-order valence-corrected chi connectivity index (χ0v) is 10.1. The van der Waals surface area contributed by atoms with E-state index in [4.69, 9.17) is 0 Å². The number of hydrogen-bond acceptors (Lipinski definition) is 2. The molecule has 2 rings (SSSR count). The maximum atomic E-state index is 10.6. The van der Waals surface area contributed by atoms with Gasteiger partial charge in [-0.1, -0.05) is 18.2 Å². The highest BCUT2D eigenvalue weighted by atomic mass is 16.1. The molecule has 0 radical (unpaired) electrons. The minimum absolute atomic E-state index is 0.701. The Hall–Kier alpha value is -2.09. The van der Waals surface area contributed by atoms with Crippen molar-refractivity contribution >= 4 is 17.7 Å². The van der Waals surface area contributed by atoms with Crippen molar-refractivity contribution in [2.24, 2.45) is 0 Å². The van der Waals surface area contributed by atoms with E-state index in [-0.39, 0.29) is 0 Å². The molecule has 0 aliphatic heterocycles. The lowest BCUT2D eigenvalue weighted by Gasteiger charge is -2.21. The summed E-state index contributed by atoms with van der Waals surface area (Å²) in [5, 5.41) is 0. The van der Waals surface area contributed by atoms with Gasteiger partial charge in [0.25, 0.3) is 0 Å². The Kier molecular flexibility index (Phi) is 3.24. The zero-order valence-electron chi connectivity index (χ0n) is 10.1. The van der Waals surface area contributed by atoms with Crippen molar-refractivity contribution in [3.8, 4) is 0 Å². The molecule has 0 heterocycles. The number of anilines is 2. The standard InChI is InChI=1S/C15H15NO/c1-12-5-3-4-6-15(12)16(2)14-9-7-13(11-17)8-10-14/h3-11H,1-2H3. The van der Waals surface area contributed by atoms with Gasteiger partial charge in [-0.15, -0.1) is 0 Å². The van der Waals surface area contributed by atoms with Crippen LogP contribution in [0.4, 0.5) is 11.4 Å². The smallest absolute Gasteiger partial charge is 0.150 e. The van der Waals surface area contributed by atoms with Gasteiger partial charge in [0.1, 0.15) is 6.29 Å². The average molecular weight is 225 g/mol. The van der Waals surface area contributed by atoms with Crippen LogP contribution in [0.2, 0.25) is 0 Å². The zero-order chi connectivity index (χ0) is 12.3. The van der Waals surface area contributed by atoms with Crippen molar-refractivity contribution in [2.45, 2.75) is 6.92 Å². The van der Waals surface area contributed by atoms with Gasteiger partial charge in [0, 0.05) is 24.0 Å². The van der Waals surface area contributed by atoms with E-state index in [1.54, 1.807) is 0 Å². The number of rotatable bonds is 3. The molecule has 2 aromatic rings. The number of benzene rings is 2. The predicted molar refractivity (Wildman–Crippen MR) is 71.1 cm³/mol. The molecule has 0 aliphatic rings. The first-order valence-corrected chi connectivity index (χ1v) is 5.57. The Labute approximate surface area is 102 Å². The van der Waals surface area contributed by atoms with Crippen molar-refractivity contribution < 1.29 is 4.79 Å². The van der Waals surface area contributed by atoms with E-state index < -0.39 is 0 Å². The summed E-state index contributed by atoms with van der Waals surface area (Å²) in [4.78, 5) is 12.7. The van der Waals surface area contributed by atoms with Gasteiger partial charge in [0.15, 0.2) is 0 Å². The van der Waals surface area contributed by atoms with Gasteiger partial charge in [-0.25, -0.2) is 0 Å². The van der Waals surface area contributed by atoms with Crippen LogP contribution >= 0.6 is 0 Å². The maximum Gasteiger partial charge on any atom is 0.150 e. The third-order valence-electron chi connectivity index (χ3n) is 2.89. The van der Waals surface area contributed by atoms with Crippen LogP contribution in [0.1, 0.15) is 15.9 Å². The van der Waals surface area contributed by atoms with Crippen molar-refractivity contribution in [3.05, 3.63) is 59.7 Å². The third-order valence-corrected chi connectivity index (χ3v) is 2.89. The van der Waals surface area contributed by atoms with Crippen molar-refractivity contribution in [2.75, 3.05) is 11.9 Å². The quantitative estimate of drug-likeness (QED) is 0.744. The minimum atomic E-state index is 0.701. The molecule has 0 unspecified atom stereocenters. The fourth-order valence-electron chi connectivity index (χ4n) is 1.86. The van der Waals surface area contributed by atoms with Gasteiger partial charge >= 0.3 is 0 Å². The summed E-state index contributed by atoms with van der Waals surface area (Å²) in [6.45, 7) is 2.09. The van der Waals surface area contributed by atoms with E-state index in [0.29, 0.717) is 5.56 Å². The molecule has 2 aromatic carbocycles. The monoisotopic (exact) mass is 225 g/mol. The molecule has 2 heteroatoms. The van der Waals surface area contributed by atoms with Crippen LogP contribution in [0.25, 0.3) is 0 Å². The Balaban J connectivity index is 2.33. The van der Waals surface area contributed by atoms with Gasteiger partial charge in [0.05, 0.1) is 0 Å². The topological polar surface area (TPSA) is 20.3 Å². The summed E-state index contributed by atoms with van der Waals surface area (Å²) in [7, 11) is 2.03. The van der Waals surface area contributed by atoms with Crippen LogP contribution in [0.15, 0.2) is 48.5 Å². The lowest BCUT2D eigenvalue weighted by Crippen LogP contribution is -2.10. The SMILES string of the molecule is Cc1ccccc1N(C)c1ccc(C=O)cc1. The molecule has 0 bridgehead atoms. The average Bonchev–Trinajstić information content (AvgIpc) is 2.39. The second-order valence-corrected chi connectivity index (χ2v) is 4.05. The number of hydrogen-bond donors (Lipinski definition) is 0. The van der Waals surface area contributed by atoms with Crippen LogP contribution in [0, 0.1) is 6.92 Å². The molecule has 2 nitrogen and oxygen atoms in total. The highest BCUT2D eigenvalue weighted by Gasteiger charge is 2.05. The fourth-order valence-corrected chi connectivity index (χ4v) is 1.86. The fraction of sp³-hybridized carbons (Fsp3) is 0.133. The van der Waals surface area contributed by atoms with Crippen LogP contribution in [0.3, 0.4) is 0 Å². The summed E-state index contributed by atoms with van der Waals surface area (Å²) < 4.78 is 0. The van der Waals surface area contributed by atoms with Crippen LogP contribution < -0.4 is 4.90 Å². The lowest BCUT2D eigenvalue weighted by molar-refractivity contribution is 0.112. The molecule has 0 aliphatic carbocycles. The highest BCUT2D eigenvalue weighted by Crippen LogP contribution is 2.26. The molecule has 0 fully saturated rings. The normalized spacial score (nSPS) is 10.0. The molecule has 0 atom stereocenters. The van der Waals surface area contributed by atoms with E-state index in [0.717, 1.165) is 12.0 Å². The van der Waals surface area contributed by atoms with Gasteiger partial charge < -0.3 is 4.90 Å². The summed E-state index contributed by atoms with van der Waals surface area (Å²) in [6.07, 6.45) is 0.859. The number of carbonyl (C=O) groups is 1. The summed E-state index contributed by atoms with van der Waals surface area (Å²) in [5.74, 6) is 0. The van der Waals surface area contributed by atoms with Gasteiger partial charge in [0.2, 0.25) is 0 Å². The second-order valence-electron chi connectivity index (χ2n) is 4.05. The number of nitrogens with zero attached hydrogens (tertiary/aromatic N) is 1. The summed E-state index contributed by atoms with van der Waals surface area (Å²) in [6, 6.07) is 15.8. The highest BCUT2D eigenvalue weighted by molar-refractivity contribution is 5.76. The minimum Gasteiger partial charge on any atom is -0.344 e. The predicted octanol–water partition coefficient (Wildman–Crippen LogP) is 3.58. The Morgan fingerprint density at radius 3 is 2.24 bits per heavy atom. The molecule has 0 aromatic heterocycles. The number of aryl methyl sites for hydroxylation is 1. The van der Waals surface area contributed by atoms with E-state index in [1.807, 2.05) is 43.4 Å². The largest absolute Gasteiger partial charge is 0.344 e. The summed E-state index contributed by atoms with van der Waals surface area (Å²) >= 11 is 0. The van der Waals surface area contributed by atoms with Gasteiger partial charge in [-0.2, -0.15) is 0 Å². The third kappa shape index (κ3) is 2.36. The van der Waals surface area contributed by atoms with E-state index >= 15 is 0 Å². The van der Waals surface area contributed by atoms with Crippen LogP contribution in [-0.4, -0.2) is 13.3 Å². The summed E-state index contributed by atoms with van der Waals surface area (Å²) in [5.41, 5.74) is 4.18. The van der Waals surface area contributed by atoms with Gasteiger partial charge in [-0.3, -0.25) is 4.79 Å². The first kappa shape index (κ1) is 11.4. The molecule has 0 saturated heterocycles. The number of para-hydroxylation sites is 1. The number of carbonyl (C=O) groups excluding carboxylic acids is 1. The molecule has 0 amide bonds. The van der Waals surface area contributed by atoms with Crippen LogP contribution in [0.5, 0.6) is 0 Å². The molecule has 86 valence electrons. The first-order valence-electron chi connectivity index (χ1n) is 5.57. The van der Waals surface area contributed by atoms with Crippen molar-refractivity contribution in [1.29, 1.82) is 0 Å². The Morgan fingerprint density at radius 1 is 1.00 bits per heavy atom. The van der Waals surface area contributed by atoms with E-state index in [2.05, 4.69) is 24.0 Å². The second kappa shape index (κ2) is 4.83. The maximum absolute atomic E-state index is 10.6. The first-order chi connectivity index (χ1) is 8.22. The van der Waals surface area contributed by atoms with Gasteiger partial charge in [-0.05, 0) is 42.8 Å². The molecule has 17 heavy (non-hydrogen) atoms. The van der Waals surface area contributed by atoms with Crippen LogP contribution in [-0.2, 0) is 0 Å². The molecular formula is C15H15NO. The van der Waals surface area contributed by atoms with Crippen molar-refractivity contribution in [1.82, 2.24) is 0 Å². The molecular weight excluding hydrogens is 210 g/mol. The van der Waals surface area contributed by atoms with Crippen molar-refractivity contribution in [3.63, 3.8) is 0 Å². The molecule has 0 N–H and O–H groups in total. The number of aldehydes is 1. The Bertz CT molecular complexity index is 517. The van der Waals surface area contributed by atoms with E-state index in [9.17, 15) is 4.79 Å². The Morgan fingerprint density at radius 2 is 1.65 bits per heavy atom. The molecule has 0 spiro atoms.